The molecular formula is C18H36O7. The second kappa shape index (κ2) is 20.6. The smallest absolute Gasteiger partial charge is 0.333 e. The summed E-state index contributed by atoms with van der Waals surface area (Å²) in [4.78, 5) is 20.6. The monoisotopic (exact) mass is 364 g/mol. The van der Waals surface area contributed by atoms with Crippen molar-refractivity contribution in [1.82, 2.24) is 0 Å². The summed E-state index contributed by atoms with van der Waals surface area (Å²) in [5, 5.41) is 25.0. The fraction of sp³-hybridized carbons (Fsp3) is 0.778. The number of carbonyl (C=O) groups excluding carboxylic acids is 1. The lowest BCUT2D eigenvalue weighted by atomic mass is 10.1. The van der Waals surface area contributed by atoms with Gasteiger partial charge < -0.3 is 24.8 Å². The second-order valence-corrected chi connectivity index (χ2v) is 5.05. The van der Waals surface area contributed by atoms with E-state index in [9.17, 15) is 9.59 Å². The number of allylic oxidation sites excluding steroid dienone is 2. The number of aliphatic hydroxyl groups excluding tert-OH is 2. The molecule has 1 atom stereocenters. The highest BCUT2D eigenvalue weighted by molar-refractivity contribution is 5.80. The molecule has 1 unspecified atom stereocenters. The summed E-state index contributed by atoms with van der Waals surface area (Å²) in [7, 11) is 0. The number of esters is 1. The topological polar surface area (TPSA) is 113 Å². The molecule has 0 saturated heterocycles. The molecule has 0 amide bonds. The normalized spacial score (nSPS) is 11.8. The van der Waals surface area contributed by atoms with Crippen LogP contribution in [0.2, 0.25) is 0 Å². The van der Waals surface area contributed by atoms with Gasteiger partial charge in [0.25, 0.3) is 0 Å². The minimum atomic E-state index is -1.74. The molecule has 25 heavy (non-hydrogen) atoms. The quantitative estimate of drug-likeness (QED) is 0.425. The van der Waals surface area contributed by atoms with Gasteiger partial charge in [-0.1, -0.05) is 25.0 Å². The fourth-order valence-corrected chi connectivity index (χ4v) is 1.27. The van der Waals surface area contributed by atoms with E-state index in [1.54, 1.807) is 11.1 Å². The Balaban J connectivity index is -0.000000321. The van der Waals surface area contributed by atoms with Crippen LogP contribution in [0.5, 0.6) is 0 Å². The lowest BCUT2D eigenvalue weighted by Gasteiger charge is -2.04. The summed E-state index contributed by atoms with van der Waals surface area (Å²) in [5.41, 5.74) is 3.10. The van der Waals surface area contributed by atoms with Gasteiger partial charge in [-0.15, -0.1) is 0 Å². The van der Waals surface area contributed by atoms with E-state index in [-0.39, 0.29) is 13.2 Å². The number of carboxylic acids is 1. The molecule has 0 aromatic heterocycles. The van der Waals surface area contributed by atoms with Crippen LogP contribution in [0.4, 0.5) is 0 Å². The molecule has 7 nitrogen and oxygen atoms in total. The van der Waals surface area contributed by atoms with Crippen molar-refractivity contribution >= 4 is 11.9 Å². The predicted octanol–water partition coefficient (Wildman–Crippen LogP) is 2.54. The summed E-state index contributed by atoms with van der Waals surface area (Å²) in [6.07, 6.45) is 0.0745. The van der Waals surface area contributed by atoms with Crippen molar-refractivity contribution in [3.63, 3.8) is 0 Å². The maximum atomic E-state index is 10.6. The molecule has 0 saturated carbocycles. The van der Waals surface area contributed by atoms with Gasteiger partial charge in [0.05, 0.1) is 13.0 Å². The SMILES string of the molecule is CC/C(C)=C(\C)CC.CCOCC.O=C(CC(O)C(=O)O)OCCO. The molecule has 0 fully saturated rings. The van der Waals surface area contributed by atoms with Gasteiger partial charge in [-0.3, -0.25) is 4.79 Å². The fourth-order valence-electron chi connectivity index (χ4n) is 1.27. The van der Waals surface area contributed by atoms with Crippen LogP contribution in [0.1, 0.15) is 60.8 Å². The maximum absolute atomic E-state index is 10.6. The standard InChI is InChI=1S/C8H16.C6H10O6.C4H10O/c1-5-7(3)8(4)6-2;7-1-2-12-5(9)3-4(8)6(10)11;1-3-5-4-2/h5-6H2,1-4H3;4,7-8H,1-3H2,(H,10,11);3-4H2,1-2H3/b8-7+;;. The number of aliphatic hydroxyl groups is 2. The largest absolute Gasteiger partial charge is 0.479 e. The highest BCUT2D eigenvalue weighted by Gasteiger charge is 2.18. The maximum Gasteiger partial charge on any atom is 0.333 e. The van der Waals surface area contributed by atoms with Gasteiger partial charge in [-0.25, -0.2) is 4.79 Å². The van der Waals surface area contributed by atoms with Gasteiger partial charge in [0.15, 0.2) is 6.10 Å². The van der Waals surface area contributed by atoms with Crippen molar-refractivity contribution in [2.24, 2.45) is 0 Å². The third-order valence-electron chi connectivity index (χ3n) is 3.20. The molecule has 0 bridgehead atoms. The van der Waals surface area contributed by atoms with E-state index in [0.717, 1.165) is 13.2 Å². The number of aliphatic carboxylic acids is 1. The lowest BCUT2D eigenvalue weighted by Crippen LogP contribution is -2.24. The van der Waals surface area contributed by atoms with Gasteiger partial charge in [0.2, 0.25) is 0 Å². The highest BCUT2D eigenvalue weighted by atomic mass is 16.5. The Morgan fingerprint density at radius 3 is 1.64 bits per heavy atom. The molecule has 0 aliphatic carbocycles. The molecule has 0 heterocycles. The molecule has 0 aliphatic heterocycles. The molecular weight excluding hydrogens is 328 g/mol. The summed E-state index contributed by atoms with van der Waals surface area (Å²) in [5.74, 6) is -2.32. The Kier molecular flexibility index (Phi) is 23.4. The first-order chi connectivity index (χ1) is 11.7. The summed E-state index contributed by atoms with van der Waals surface area (Å²) in [6.45, 7) is 14.0. The summed E-state index contributed by atoms with van der Waals surface area (Å²) < 4.78 is 9.13. The first-order valence-corrected chi connectivity index (χ1v) is 8.61. The van der Waals surface area contributed by atoms with E-state index in [1.165, 1.54) is 12.8 Å². The molecule has 0 rings (SSSR count). The van der Waals surface area contributed by atoms with Crippen molar-refractivity contribution in [2.45, 2.75) is 66.9 Å². The third-order valence-corrected chi connectivity index (χ3v) is 3.20. The van der Waals surface area contributed by atoms with Crippen molar-refractivity contribution in [2.75, 3.05) is 26.4 Å². The van der Waals surface area contributed by atoms with Crippen LogP contribution >= 0.6 is 0 Å². The molecule has 3 N–H and O–H groups in total. The van der Waals surface area contributed by atoms with Crippen molar-refractivity contribution in [1.29, 1.82) is 0 Å². The zero-order valence-corrected chi connectivity index (χ0v) is 16.5. The van der Waals surface area contributed by atoms with E-state index in [0.29, 0.717) is 0 Å². The van der Waals surface area contributed by atoms with Gasteiger partial charge in [0.1, 0.15) is 6.61 Å². The van der Waals surface area contributed by atoms with Gasteiger partial charge in [-0.2, -0.15) is 0 Å². The van der Waals surface area contributed by atoms with E-state index in [1.807, 2.05) is 13.8 Å². The second-order valence-electron chi connectivity index (χ2n) is 5.05. The Bertz CT molecular complexity index is 350. The Hall–Kier alpha value is -1.44. The van der Waals surface area contributed by atoms with E-state index < -0.39 is 24.5 Å². The molecule has 0 spiro atoms. The number of hydrogen-bond donors (Lipinski definition) is 3. The first-order valence-electron chi connectivity index (χ1n) is 8.61. The van der Waals surface area contributed by atoms with Crippen LogP contribution < -0.4 is 0 Å². The summed E-state index contributed by atoms with van der Waals surface area (Å²) in [6, 6.07) is 0. The Labute approximate surface area is 151 Å². The molecule has 0 aliphatic rings. The van der Waals surface area contributed by atoms with Gasteiger partial charge in [0, 0.05) is 13.2 Å². The minimum Gasteiger partial charge on any atom is -0.479 e. The van der Waals surface area contributed by atoms with E-state index >= 15 is 0 Å². The van der Waals surface area contributed by atoms with Gasteiger partial charge >= 0.3 is 11.9 Å². The van der Waals surface area contributed by atoms with Crippen LogP contribution in [0.15, 0.2) is 11.1 Å². The number of carboxylic acid groups (broad SMARTS) is 1. The van der Waals surface area contributed by atoms with Crippen LogP contribution in [-0.4, -0.2) is 59.8 Å². The van der Waals surface area contributed by atoms with Crippen LogP contribution in [-0.2, 0) is 19.1 Å². The number of carbonyl (C=O) groups is 2. The zero-order chi connectivity index (χ0) is 20.3. The number of ether oxygens (including phenoxy) is 2. The van der Waals surface area contributed by atoms with Crippen molar-refractivity contribution in [3.8, 4) is 0 Å². The average molecular weight is 364 g/mol. The van der Waals surface area contributed by atoms with Crippen molar-refractivity contribution < 1.29 is 34.4 Å². The molecule has 0 aromatic rings. The van der Waals surface area contributed by atoms with Crippen LogP contribution in [0.3, 0.4) is 0 Å². The van der Waals surface area contributed by atoms with Crippen LogP contribution in [0, 0.1) is 0 Å². The van der Waals surface area contributed by atoms with Crippen molar-refractivity contribution in [3.05, 3.63) is 11.1 Å². The molecule has 0 radical (unpaired) electrons. The highest BCUT2D eigenvalue weighted by Crippen LogP contribution is 2.09. The predicted molar refractivity (Wildman–Crippen MR) is 97.4 cm³/mol. The molecule has 7 heteroatoms. The third kappa shape index (κ3) is 22.6. The van der Waals surface area contributed by atoms with E-state index in [2.05, 4.69) is 32.4 Å². The van der Waals surface area contributed by atoms with E-state index in [4.69, 9.17) is 20.1 Å². The molecule has 0 aromatic carbocycles. The van der Waals surface area contributed by atoms with Gasteiger partial charge in [-0.05, 0) is 40.5 Å². The van der Waals surface area contributed by atoms with Crippen LogP contribution in [0.25, 0.3) is 0 Å². The molecule has 150 valence electrons. The first kappa shape index (κ1) is 28.4. The lowest BCUT2D eigenvalue weighted by molar-refractivity contribution is -0.156. The minimum absolute atomic E-state index is 0.189. The average Bonchev–Trinajstić information content (AvgIpc) is 2.60. The summed E-state index contributed by atoms with van der Waals surface area (Å²) >= 11 is 0. The number of rotatable bonds is 9. The Morgan fingerprint density at radius 1 is 0.960 bits per heavy atom. The number of hydrogen-bond acceptors (Lipinski definition) is 6. The zero-order valence-electron chi connectivity index (χ0n) is 16.5. The Morgan fingerprint density at radius 2 is 1.40 bits per heavy atom.